The van der Waals surface area contributed by atoms with Gasteiger partial charge in [-0.25, -0.2) is 0 Å². The summed E-state index contributed by atoms with van der Waals surface area (Å²) in [6.45, 7) is 7.15. The van der Waals surface area contributed by atoms with E-state index in [1.165, 1.54) is 45.2 Å². The third kappa shape index (κ3) is 3.57. The van der Waals surface area contributed by atoms with Gasteiger partial charge in [0, 0.05) is 0 Å². The van der Waals surface area contributed by atoms with Gasteiger partial charge < -0.3 is 5.32 Å². The molecule has 0 radical (unpaired) electrons. The summed E-state index contributed by atoms with van der Waals surface area (Å²) in [5.41, 5.74) is 0. The van der Waals surface area contributed by atoms with E-state index in [2.05, 4.69) is 19.2 Å². The molecule has 1 fully saturated rings. The molecule has 0 bridgehead atoms. The Hall–Kier alpha value is -0.0400. The molecule has 1 aliphatic rings. The van der Waals surface area contributed by atoms with Crippen LogP contribution in [0.3, 0.4) is 0 Å². The first-order valence-corrected chi connectivity index (χ1v) is 5.53. The smallest absolute Gasteiger partial charge is 0.00204 e. The molecule has 0 aromatic rings. The zero-order valence-corrected chi connectivity index (χ0v) is 8.60. The molecular formula is C11H23N. The summed E-state index contributed by atoms with van der Waals surface area (Å²) in [6, 6.07) is 0. The molecule has 0 spiro atoms. The van der Waals surface area contributed by atoms with Crippen molar-refractivity contribution in [3.63, 3.8) is 0 Å². The van der Waals surface area contributed by atoms with Gasteiger partial charge in [0.2, 0.25) is 0 Å². The van der Waals surface area contributed by atoms with Crippen LogP contribution in [0.1, 0.15) is 46.0 Å². The molecule has 1 aliphatic heterocycles. The number of hydrogen-bond acceptors (Lipinski definition) is 1. The maximum atomic E-state index is 3.56. The van der Waals surface area contributed by atoms with Crippen LogP contribution in [0.2, 0.25) is 0 Å². The van der Waals surface area contributed by atoms with Crippen LogP contribution in [0.5, 0.6) is 0 Å². The van der Waals surface area contributed by atoms with Crippen LogP contribution in [0.4, 0.5) is 0 Å². The van der Waals surface area contributed by atoms with Crippen molar-refractivity contribution in [3.8, 4) is 0 Å². The van der Waals surface area contributed by atoms with Crippen molar-refractivity contribution in [1.29, 1.82) is 0 Å². The van der Waals surface area contributed by atoms with Gasteiger partial charge in [-0.05, 0) is 44.2 Å². The van der Waals surface area contributed by atoms with Gasteiger partial charge in [0.1, 0.15) is 0 Å². The van der Waals surface area contributed by atoms with E-state index in [1.54, 1.807) is 0 Å². The Labute approximate surface area is 76.9 Å². The first-order chi connectivity index (χ1) is 5.83. The lowest BCUT2D eigenvalue weighted by molar-refractivity contribution is 0.423. The quantitative estimate of drug-likeness (QED) is 0.685. The summed E-state index contributed by atoms with van der Waals surface area (Å²) in [4.78, 5) is 0. The Morgan fingerprint density at radius 3 is 2.83 bits per heavy atom. The van der Waals surface area contributed by atoms with E-state index in [-0.39, 0.29) is 0 Å². The summed E-state index contributed by atoms with van der Waals surface area (Å²) in [5.74, 6) is 1.87. The molecule has 2 atom stereocenters. The molecule has 2 unspecified atom stereocenters. The molecule has 0 saturated carbocycles. The molecule has 1 N–H and O–H groups in total. The first kappa shape index (κ1) is 10.0. The summed E-state index contributed by atoms with van der Waals surface area (Å²) < 4.78 is 0. The molecule has 1 heteroatoms. The van der Waals surface area contributed by atoms with Gasteiger partial charge in [-0.3, -0.25) is 0 Å². The third-order valence-corrected chi connectivity index (χ3v) is 2.96. The van der Waals surface area contributed by atoms with Gasteiger partial charge in [-0.1, -0.05) is 26.7 Å². The molecule has 0 amide bonds. The Morgan fingerprint density at radius 1 is 1.25 bits per heavy atom. The van der Waals surface area contributed by atoms with Gasteiger partial charge in [0.25, 0.3) is 0 Å². The second kappa shape index (κ2) is 5.58. The van der Waals surface area contributed by atoms with Gasteiger partial charge in [0.05, 0.1) is 0 Å². The zero-order chi connectivity index (χ0) is 8.81. The fraction of sp³-hybridized carbons (Fsp3) is 1.00. The van der Waals surface area contributed by atoms with Crippen molar-refractivity contribution in [3.05, 3.63) is 0 Å². The number of hydrogen-bond donors (Lipinski definition) is 1. The van der Waals surface area contributed by atoms with Crippen molar-refractivity contribution in [2.24, 2.45) is 11.8 Å². The van der Waals surface area contributed by atoms with Gasteiger partial charge in [0.15, 0.2) is 0 Å². The van der Waals surface area contributed by atoms with Crippen LogP contribution in [0, 0.1) is 11.8 Å². The van der Waals surface area contributed by atoms with Crippen LogP contribution < -0.4 is 5.32 Å². The number of nitrogens with one attached hydrogen (secondary N) is 1. The Bertz CT molecular complexity index is 110. The van der Waals surface area contributed by atoms with Crippen LogP contribution in [-0.4, -0.2) is 13.1 Å². The van der Waals surface area contributed by atoms with E-state index < -0.39 is 0 Å². The normalized spacial score (nSPS) is 31.5. The first-order valence-electron chi connectivity index (χ1n) is 5.53. The standard InChI is InChI=1S/C11H23N/c1-3-4-5-11-7-6-10(2)8-12-9-11/h10-12H,3-9H2,1-2H3. The Balaban J connectivity index is 2.17. The third-order valence-electron chi connectivity index (χ3n) is 2.96. The second-order valence-corrected chi connectivity index (χ2v) is 4.35. The van der Waals surface area contributed by atoms with Crippen molar-refractivity contribution >= 4 is 0 Å². The van der Waals surface area contributed by atoms with E-state index in [0.29, 0.717) is 0 Å². The SMILES string of the molecule is CCCCC1CCC(C)CNC1. The molecule has 12 heavy (non-hydrogen) atoms. The van der Waals surface area contributed by atoms with E-state index in [9.17, 15) is 0 Å². The minimum atomic E-state index is 0.900. The zero-order valence-electron chi connectivity index (χ0n) is 8.60. The Kier molecular flexibility index (Phi) is 4.67. The average molecular weight is 169 g/mol. The maximum absolute atomic E-state index is 3.56. The van der Waals surface area contributed by atoms with Crippen LogP contribution in [0.15, 0.2) is 0 Å². The van der Waals surface area contributed by atoms with E-state index >= 15 is 0 Å². The highest BCUT2D eigenvalue weighted by Gasteiger charge is 2.14. The van der Waals surface area contributed by atoms with Gasteiger partial charge in [-0.15, -0.1) is 0 Å². The molecule has 0 aromatic heterocycles. The highest BCUT2D eigenvalue weighted by Crippen LogP contribution is 2.19. The molecule has 72 valence electrons. The Morgan fingerprint density at radius 2 is 2.08 bits per heavy atom. The molecule has 1 nitrogen and oxygen atoms in total. The largest absolute Gasteiger partial charge is 0.316 e. The predicted octanol–water partition coefficient (Wildman–Crippen LogP) is 2.81. The lowest BCUT2D eigenvalue weighted by Crippen LogP contribution is -2.22. The topological polar surface area (TPSA) is 12.0 Å². The highest BCUT2D eigenvalue weighted by atomic mass is 14.9. The van der Waals surface area contributed by atoms with Crippen molar-refractivity contribution in [1.82, 2.24) is 5.32 Å². The van der Waals surface area contributed by atoms with Crippen LogP contribution in [-0.2, 0) is 0 Å². The van der Waals surface area contributed by atoms with Crippen molar-refractivity contribution < 1.29 is 0 Å². The summed E-state index contributed by atoms with van der Waals surface area (Å²) in [5, 5.41) is 3.56. The molecule has 0 aliphatic carbocycles. The minimum Gasteiger partial charge on any atom is -0.316 e. The summed E-state index contributed by atoms with van der Waals surface area (Å²) in [6.07, 6.45) is 7.10. The van der Waals surface area contributed by atoms with E-state index in [4.69, 9.17) is 0 Å². The fourth-order valence-electron chi connectivity index (χ4n) is 2.00. The average Bonchev–Trinajstić information content (AvgIpc) is 2.27. The van der Waals surface area contributed by atoms with Crippen LogP contribution >= 0.6 is 0 Å². The van der Waals surface area contributed by atoms with Gasteiger partial charge in [-0.2, -0.15) is 0 Å². The van der Waals surface area contributed by atoms with Gasteiger partial charge >= 0.3 is 0 Å². The van der Waals surface area contributed by atoms with E-state index in [1.807, 2.05) is 0 Å². The lowest BCUT2D eigenvalue weighted by Gasteiger charge is -2.12. The van der Waals surface area contributed by atoms with Crippen LogP contribution in [0.25, 0.3) is 0 Å². The predicted molar refractivity (Wildman–Crippen MR) is 54.3 cm³/mol. The van der Waals surface area contributed by atoms with Crippen molar-refractivity contribution in [2.75, 3.05) is 13.1 Å². The summed E-state index contributed by atoms with van der Waals surface area (Å²) in [7, 11) is 0. The molecule has 1 heterocycles. The maximum Gasteiger partial charge on any atom is -0.00204 e. The monoisotopic (exact) mass is 169 g/mol. The lowest BCUT2D eigenvalue weighted by atomic mass is 9.95. The number of rotatable bonds is 3. The van der Waals surface area contributed by atoms with E-state index in [0.717, 1.165) is 11.8 Å². The van der Waals surface area contributed by atoms with Crippen molar-refractivity contribution in [2.45, 2.75) is 46.0 Å². The molecular weight excluding hydrogens is 146 g/mol. The molecule has 1 saturated heterocycles. The minimum absolute atomic E-state index is 0.900. The number of unbranched alkanes of at least 4 members (excludes halogenated alkanes) is 1. The summed E-state index contributed by atoms with van der Waals surface area (Å²) >= 11 is 0. The highest BCUT2D eigenvalue weighted by molar-refractivity contribution is 4.70. The molecule has 0 aromatic carbocycles. The molecule has 1 rings (SSSR count). The second-order valence-electron chi connectivity index (χ2n) is 4.35. The fourth-order valence-corrected chi connectivity index (χ4v) is 2.00.